The Labute approximate surface area is 197 Å². The van der Waals surface area contributed by atoms with E-state index in [-0.39, 0.29) is 17.9 Å². The minimum Gasteiger partial charge on any atom is -0.497 e. The molecule has 176 valence electrons. The zero-order valence-electron chi connectivity index (χ0n) is 19.0. The Bertz CT molecular complexity index is 1140. The summed E-state index contributed by atoms with van der Waals surface area (Å²) in [4.78, 5) is 37.2. The Hall–Kier alpha value is -4.33. The number of para-hydroxylation sites is 3. The molecule has 0 heterocycles. The van der Waals surface area contributed by atoms with Gasteiger partial charge in [0.15, 0.2) is 6.61 Å². The molecule has 34 heavy (non-hydrogen) atoms. The second-order valence-electron chi connectivity index (χ2n) is 7.27. The number of rotatable bonds is 10. The standard InChI is InChI=1S/C26H26N2O6/c1-32-19-14-11-18(12-15-19)13-16-24(29)27-21-8-4-3-7-20(21)26(31)34-17-25(30)28-22-9-5-6-10-23(22)33-2/h3-12,14-15H,13,16-17H2,1-2H3,(H,27,29)(H,28,30). The van der Waals surface area contributed by atoms with Gasteiger partial charge in [-0.15, -0.1) is 0 Å². The Morgan fingerprint density at radius 3 is 2.09 bits per heavy atom. The molecule has 0 saturated heterocycles. The van der Waals surface area contributed by atoms with Gasteiger partial charge in [0.2, 0.25) is 5.91 Å². The number of amides is 2. The van der Waals surface area contributed by atoms with E-state index in [1.54, 1.807) is 49.6 Å². The first-order chi connectivity index (χ1) is 16.5. The lowest BCUT2D eigenvalue weighted by molar-refractivity contribution is -0.119. The van der Waals surface area contributed by atoms with Gasteiger partial charge < -0.3 is 24.8 Å². The van der Waals surface area contributed by atoms with Crippen LogP contribution in [0.2, 0.25) is 0 Å². The molecule has 3 aromatic carbocycles. The molecule has 0 radical (unpaired) electrons. The quantitative estimate of drug-likeness (QED) is 0.440. The maximum Gasteiger partial charge on any atom is 0.340 e. The average Bonchev–Trinajstić information content (AvgIpc) is 2.87. The van der Waals surface area contributed by atoms with E-state index in [2.05, 4.69) is 10.6 Å². The van der Waals surface area contributed by atoms with Crippen molar-refractivity contribution in [1.82, 2.24) is 0 Å². The van der Waals surface area contributed by atoms with Crippen LogP contribution in [0.3, 0.4) is 0 Å². The lowest BCUT2D eigenvalue weighted by Crippen LogP contribution is -2.22. The van der Waals surface area contributed by atoms with Crippen LogP contribution in [0.1, 0.15) is 22.3 Å². The summed E-state index contributed by atoms with van der Waals surface area (Å²) in [6, 6.07) is 20.9. The number of benzene rings is 3. The van der Waals surface area contributed by atoms with E-state index < -0.39 is 18.5 Å². The zero-order chi connectivity index (χ0) is 24.3. The monoisotopic (exact) mass is 462 g/mol. The highest BCUT2D eigenvalue weighted by Gasteiger charge is 2.16. The van der Waals surface area contributed by atoms with Crippen molar-refractivity contribution in [1.29, 1.82) is 0 Å². The second kappa shape index (κ2) is 12.1. The molecule has 0 aromatic heterocycles. The number of carbonyl (C=O) groups is 3. The summed E-state index contributed by atoms with van der Waals surface area (Å²) in [6.45, 7) is -0.489. The van der Waals surface area contributed by atoms with Crippen LogP contribution in [0.5, 0.6) is 11.5 Å². The molecular formula is C26H26N2O6. The third-order valence-electron chi connectivity index (χ3n) is 4.94. The van der Waals surface area contributed by atoms with Crippen molar-refractivity contribution in [2.75, 3.05) is 31.5 Å². The third-order valence-corrected chi connectivity index (χ3v) is 4.94. The van der Waals surface area contributed by atoms with E-state index in [9.17, 15) is 14.4 Å². The number of hydrogen-bond acceptors (Lipinski definition) is 6. The van der Waals surface area contributed by atoms with Gasteiger partial charge in [-0.1, -0.05) is 36.4 Å². The highest BCUT2D eigenvalue weighted by atomic mass is 16.5. The zero-order valence-corrected chi connectivity index (χ0v) is 19.0. The molecule has 8 nitrogen and oxygen atoms in total. The lowest BCUT2D eigenvalue weighted by Gasteiger charge is -2.12. The van der Waals surface area contributed by atoms with E-state index >= 15 is 0 Å². The van der Waals surface area contributed by atoms with E-state index in [4.69, 9.17) is 14.2 Å². The topological polar surface area (TPSA) is 103 Å². The van der Waals surface area contributed by atoms with E-state index in [0.29, 0.717) is 23.5 Å². The van der Waals surface area contributed by atoms with Gasteiger partial charge in [0.25, 0.3) is 5.91 Å². The van der Waals surface area contributed by atoms with Crippen molar-refractivity contribution in [3.8, 4) is 11.5 Å². The molecule has 0 unspecified atom stereocenters. The largest absolute Gasteiger partial charge is 0.497 e. The van der Waals surface area contributed by atoms with Crippen molar-refractivity contribution < 1.29 is 28.6 Å². The number of carbonyl (C=O) groups excluding carboxylic acids is 3. The molecule has 3 rings (SSSR count). The molecule has 0 fully saturated rings. The SMILES string of the molecule is COc1ccc(CCC(=O)Nc2ccccc2C(=O)OCC(=O)Nc2ccccc2OC)cc1. The van der Waals surface area contributed by atoms with Gasteiger partial charge in [-0.2, -0.15) is 0 Å². The summed E-state index contributed by atoms with van der Waals surface area (Å²) in [7, 11) is 3.09. The maximum absolute atomic E-state index is 12.6. The van der Waals surface area contributed by atoms with E-state index in [0.717, 1.165) is 11.3 Å². The van der Waals surface area contributed by atoms with Gasteiger partial charge in [0.1, 0.15) is 11.5 Å². The van der Waals surface area contributed by atoms with Gasteiger partial charge >= 0.3 is 5.97 Å². The number of nitrogens with one attached hydrogen (secondary N) is 2. The summed E-state index contributed by atoms with van der Waals surface area (Å²) < 4.78 is 15.5. The molecule has 2 amide bonds. The van der Waals surface area contributed by atoms with Gasteiger partial charge in [-0.3, -0.25) is 9.59 Å². The molecule has 3 aromatic rings. The van der Waals surface area contributed by atoms with Crippen molar-refractivity contribution in [2.24, 2.45) is 0 Å². The minimum absolute atomic E-state index is 0.158. The first kappa shape index (κ1) is 24.3. The normalized spacial score (nSPS) is 10.2. The second-order valence-corrected chi connectivity index (χ2v) is 7.27. The molecule has 0 saturated carbocycles. The van der Waals surface area contributed by atoms with Gasteiger partial charge in [0.05, 0.1) is 31.2 Å². The summed E-state index contributed by atoms with van der Waals surface area (Å²) >= 11 is 0. The summed E-state index contributed by atoms with van der Waals surface area (Å²) in [5.41, 5.74) is 1.93. The summed E-state index contributed by atoms with van der Waals surface area (Å²) in [5, 5.41) is 5.38. The first-order valence-electron chi connectivity index (χ1n) is 10.6. The van der Waals surface area contributed by atoms with Crippen LogP contribution in [0.25, 0.3) is 0 Å². The number of anilines is 2. The lowest BCUT2D eigenvalue weighted by atomic mass is 10.1. The van der Waals surface area contributed by atoms with Crippen LogP contribution in [0.15, 0.2) is 72.8 Å². The van der Waals surface area contributed by atoms with Crippen molar-refractivity contribution >= 4 is 29.2 Å². The van der Waals surface area contributed by atoms with Crippen LogP contribution < -0.4 is 20.1 Å². The predicted octanol–water partition coefficient (Wildman–Crippen LogP) is 4.07. The Kier molecular flexibility index (Phi) is 8.62. The van der Waals surface area contributed by atoms with Gasteiger partial charge in [-0.25, -0.2) is 4.79 Å². The highest BCUT2D eigenvalue weighted by Crippen LogP contribution is 2.23. The fourth-order valence-electron chi connectivity index (χ4n) is 3.18. The molecule has 0 bridgehead atoms. The minimum atomic E-state index is -0.721. The van der Waals surface area contributed by atoms with Crippen LogP contribution in [0, 0.1) is 0 Å². The number of aryl methyl sites for hydroxylation is 1. The number of methoxy groups -OCH3 is 2. The van der Waals surface area contributed by atoms with Crippen molar-refractivity contribution in [3.05, 3.63) is 83.9 Å². The number of esters is 1. The predicted molar refractivity (Wildman–Crippen MR) is 128 cm³/mol. The first-order valence-corrected chi connectivity index (χ1v) is 10.6. The Balaban J connectivity index is 1.54. The molecule has 0 atom stereocenters. The third kappa shape index (κ3) is 6.83. The molecule has 0 aliphatic carbocycles. The van der Waals surface area contributed by atoms with Crippen LogP contribution >= 0.6 is 0 Å². The smallest absolute Gasteiger partial charge is 0.340 e. The average molecular weight is 463 g/mol. The van der Waals surface area contributed by atoms with E-state index in [1.807, 2.05) is 24.3 Å². The van der Waals surface area contributed by atoms with Crippen LogP contribution in [-0.4, -0.2) is 38.6 Å². The van der Waals surface area contributed by atoms with Gasteiger partial charge in [0, 0.05) is 6.42 Å². The van der Waals surface area contributed by atoms with Crippen LogP contribution in [-0.2, 0) is 20.7 Å². The molecule has 0 aliphatic rings. The highest BCUT2D eigenvalue weighted by molar-refractivity contribution is 6.02. The summed E-state index contributed by atoms with van der Waals surface area (Å²) in [6.07, 6.45) is 0.766. The fourth-order valence-corrected chi connectivity index (χ4v) is 3.18. The van der Waals surface area contributed by atoms with Crippen molar-refractivity contribution in [2.45, 2.75) is 12.8 Å². The molecular weight excluding hydrogens is 436 g/mol. The molecule has 8 heteroatoms. The van der Waals surface area contributed by atoms with Crippen molar-refractivity contribution in [3.63, 3.8) is 0 Å². The molecule has 0 aliphatic heterocycles. The fraction of sp³-hybridized carbons (Fsp3) is 0.192. The van der Waals surface area contributed by atoms with Crippen LogP contribution in [0.4, 0.5) is 11.4 Å². The Morgan fingerprint density at radius 1 is 0.735 bits per heavy atom. The van der Waals surface area contributed by atoms with E-state index in [1.165, 1.54) is 13.2 Å². The molecule has 2 N–H and O–H groups in total. The number of ether oxygens (including phenoxy) is 3. The molecule has 0 spiro atoms. The van der Waals surface area contributed by atoms with Gasteiger partial charge in [-0.05, 0) is 48.4 Å². The number of hydrogen-bond donors (Lipinski definition) is 2. The summed E-state index contributed by atoms with van der Waals surface area (Å²) in [5.74, 6) is -0.243. The maximum atomic E-state index is 12.6. The Morgan fingerprint density at radius 2 is 1.38 bits per heavy atom.